The summed E-state index contributed by atoms with van der Waals surface area (Å²) in [5.41, 5.74) is 2.51. The lowest BCUT2D eigenvalue weighted by atomic mass is 10.1. The van der Waals surface area contributed by atoms with Crippen LogP contribution >= 0.6 is 0 Å². The molecule has 0 N–H and O–H groups in total. The summed E-state index contributed by atoms with van der Waals surface area (Å²) in [5, 5.41) is 8.82. The number of rotatable bonds is 6. The highest BCUT2D eigenvalue weighted by molar-refractivity contribution is 5.85. The Morgan fingerprint density at radius 3 is 2.48 bits per heavy atom. The van der Waals surface area contributed by atoms with Crippen LogP contribution in [0.4, 0.5) is 14.5 Å². The number of carbonyl (C=O) groups is 1. The molecule has 118 valence electrons. The van der Waals surface area contributed by atoms with Crippen molar-refractivity contribution < 1.29 is 13.6 Å². The molecule has 2 aromatic rings. The Bertz CT molecular complexity index is 733. The van der Waals surface area contributed by atoms with Crippen molar-refractivity contribution in [2.45, 2.75) is 19.9 Å². The lowest BCUT2D eigenvalue weighted by Gasteiger charge is -2.25. The molecule has 2 rings (SSSR count). The highest BCUT2D eigenvalue weighted by atomic mass is 19.1. The first kappa shape index (κ1) is 16.6. The maximum atomic E-state index is 13.4. The van der Waals surface area contributed by atoms with Crippen molar-refractivity contribution in [3.05, 3.63) is 64.7 Å². The van der Waals surface area contributed by atoms with E-state index in [1.165, 1.54) is 12.1 Å². The zero-order valence-electron chi connectivity index (χ0n) is 12.7. The van der Waals surface area contributed by atoms with Crippen molar-refractivity contribution in [3.8, 4) is 6.07 Å². The van der Waals surface area contributed by atoms with E-state index in [2.05, 4.69) is 0 Å². The fraction of sp³-hybridized carbons (Fsp3) is 0.222. The predicted molar refractivity (Wildman–Crippen MR) is 84.2 cm³/mol. The van der Waals surface area contributed by atoms with E-state index >= 15 is 0 Å². The van der Waals surface area contributed by atoms with E-state index in [0.717, 1.165) is 17.9 Å². The van der Waals surface area contributed by atoms with Gasteiger partial charge in [-0.25, -0.2) is 8.78 Å². The fourth-order valence-corrected chi connectivity index (χ4v) is 2.45. The average molecular weight is 314 g/mol. The Morgan fingerprint density at radius 2 is 1.87 bits per heavy atom. The zero-order valence-corrected chi connectivity index (χ0v) is 12.7. The third-order valence-electron chi connectivity index (χ3n) is 3.44. The maximum Gasteiger partial charge on any atom is 0.152 e. The van der Waals surface area contributed by atoms with Crippen molar-refractivity contribution >= 4 is 12.0 Å². The third kappa shape index (κ3) is 4.36. The van der Waals surface area contributed by atoms with Gasteiger partial charge in [-0.15, -0.1) is 0 Å². The summed E-state index contributed by atoms with van der Waals surface area (Å²) in [6.45, 7) is 2.44. The molecule has 0 unspecified atom stereocenters. The highest BCUT2D eigenvalue weighted by Crippen LogP contribution is 2.23. The Labute approximate surface area is 133 Å². The van der Waals surface area contributed by atoms with Gasteiger partial charge < -0.3 is 4.90 Å². The first-order valence-corrected chi connectivity index (χ1v) is 7.16. The summed E-state index contributed by atoms with van der Waals surface area (Å²) < 4.78 is 26.7. The van der Waals surface area contributed by atoms with Gasteiger partial charge in [-0.05, 0) is 36.8 Å². The number of benzene rings is 2. The summed E-state index contributed by atoms with van der Waals surface area (Å²) in [7, 11) is 0. The molecule has 0 aliphatic rings. The van der Waals surface area contributed by atoms with E-state index in [1.54, 1.807) is 17.0 Å². The van der Waals surface area contributed by atoms with Crippen LogP contribution < -0.4 is 4.90 Å². The normalized spacial score (nSPS) is 10.2. The molecule has 0 saturated heterocycles. The largest absolute Gasteiger partial charge is 0.366 e. The quantitative estimate of drug-likeness (QED) is 0.757. The molecule has 0 aliphatic heterocycles. The van der Waals surface area contributed by atoms with Crippen molar-refractivity contribution in [3.63, 3.8) is 0 Å². The number of nitrogens with zero attached hydrogens (tertiary/aromatic N) is 2. The number of aldehydes is 1. The van der Waals surface area contributed by atoms with Gasteiger partial charge in [0.05, 0.1) is 12.5 Å². The number of hydrogen-bond acceptors (Lipinski definition) is 3. The summed E-state index contributed by atoms with van der Waals surface area (Å²) in [6, 6.07) is 10.7. The molecule has 0 aromatic heterocycles. The van der Waals surface area contributed by atoms with Crippen molar-refractivity contribution in [1.82, 2.24) is 0 Å². The third-order valence-corrected chi connectivity index (χ3v) is 3.44. The van der Waals surface area contributed by atoms with Gasteiger partial charge in [-0.3, -0.25) is 4.79 Å². The summed E-state index contributed by atoms with van der Waals surface area (Å²) in [6.07, 6.45) is 0.984. The number of aryl methyl sites for hydroxylation is 1. The van der Waals surface area contributed by atoms with Gasteiger partial charge in [0, 0.05) is 30.4 Å². The molecule has 0 heterocycles. The Kier molecular flexibility index (Phi) is 5.42. The number of nitriles is 1. The van der Waals surface area contributed by atoms with Crippen molar-refractivity contribution in [2.75, 3.05) is 11.4 Å². The van der Waals surface area contributed by atoms with Gasteiger partial charge in [0.1, 0.15) is 11.6 Å². The molecule has 0 aliphatic carbocycles. The maximum absolute atomic E-state index is 13.4. The van der Waals surface area contributed by atoms with E-state index in [-0.39, 0.29) is 13.0 Å². The summed E-state index contributed by atoms with van der Waals surface area (Å²) in [4.78, 5) is 13.1. The zero-order chi connectivity index (χ0) is 16.8. The number of carbonyl (C=O) groups excluding carboxylic acids is 1. The number of anilines is 1. The molecule has 23 heavy (non-hydrogen) atoms. The predicted octanol–water partition coefficient (Wildman–Crippen LogP) is 4.01. The average Bonchev–Trinajstić information content (AvgIpc) is 2.50. The standard InChI is InChI=1S/C18H16F2N2O/c1-13-3-4-18(15(7-13)12-23)22(6-2-5-21)11-14-8-16(19)10-17(20)9-14/h3-4,7-10,12H,2,6,11H2,1H3. The van der Waals surface area contributed by atoms with Crippen molar-refractivity contribution in [1.29, 1.82) is 5.26 Å². The first-order valence-electron chi connectivity index (χ1n) is 7.16. The van der Waals surface area contributed by atoms with E-state index in [0.29, 0.717) is 23.4 Å². The van der Waals surface area contributed by atoms with Gasteiger partial charge in [0.2, 0.25) is 0 Å². The fourth-order valence-electron chi connectivity index (χ4n) is 2.45. The first-order chi connectivity index (χ1) is 11.0. The molecule has 0 amide bonds. The highest BCUT2D eigenvalue weighted by Gasteiger charge is 2.13. The molecule has 2 aromatic carbocycles. The second kappa shape index (κ2) is 7.50. The van der Waals surface area contributed by atoms with Crippen LogP contribution in [0.25, 0.3) is 0 Å². The molecule has 0 bridgehead atoms. The van der Waals surface area contributed by atoms with Crippen LogP contribution in [0.3, 0.4) is 0 Å². The van der Waals surface area contributed by atoms with Gasteiger partial charge in [-0.1, -0.05) is 11.6 Å². The second-order valence-corrected chi connectivity index (χ2v) is 5.29. The lowest BCUT2D eigenvalue weighted by molar-refractivity contribution is 0.112. The second-order valence-electron chi connectivity index (χ2n) is 5.29. The van der Waals surface area contributed by atoms with Crippen molar-refractivity contribution in [2.24, 2.45) is 0 Å². The van der Waals surface area contributed by atoms with Crippen LogP contribution in [-0.4, -0.2) is 12.8 Å². The molecule has 0 radical (unpaired) electrons. The van der Waals surface area contributed by atoms with Crippen LogP contribution in [-0.2, 0) is 6.54 Å². The van der Waals surface area contributed by atoms with Crippen LogP contribution in [0.2, 0.25) is 0 Å². The molecule has 5 heteroatoms. The summed E-state index contributed by atoms with van der Waals surface area (Å²) >= 11 is 0. The van der Waals surface area contributed by atoms with E-state index in [1.807, 2.05) is 19.1 Å². The number of halogens is 2. The molecule has 0 atom stereocenters. The smallest absolute Gasteiger partial charge is 0.152 e. The number of hydrogen-bond donors (Lipinski definition) is 0. The lowest BCUT2D eigenvalue weighted by Crippen LogP contribution is -2.25. The SMILES string of the molecule is Cc1ccc(N(CCC#N)Cc2cc(F)cc(F)c2)c(C=O)c1. The Morgan fingerprint density at radius 1 is 1.17 bits per heavy atom. The van der Waals surface area contributed by atoms with Crippen LogP contribution in [0.1, 0.15) is 27.9 Å². The van der Waals surface area contributed by atoms with Crippen LogP contribution in [0, 0.1) is 29.9 Å². The van der Waals surface area contributed by atoms with E-state index < -0.39 is 11.6 Å². The molecule has 0 saturated carbocycles. The van der Waals surface area contributed by atoms with Crippen LogP contribution in [0.5, 0.6) is 0 Å². The van der Waals surface area contributed by atoms with Gasteiger partial charge in [-0.2, -0.15) is 5.26 Å². The van der Waals surface area contributed by atoms with Gasteiger partial charge in [0.15, 0.2) is 6.29 Å². The van der Waals surface area contributed by atoms with E-state index in [4.69, 9.17) is 5.26 Å². The van der Waals surface area contributed by atoms with Crippen LogP contribution in [0.15, 0.2) is 36.4 Å². The molecule has 0 spiro atoms. The minimum atomic E-state index is -0.653. The molecular weight excluding hydrogens is 298 g/mol. The molecule has 0 fully saturated rings. The Balaban J connectivity index is 2.37. The molecule has 3 nitrogen and oxygen atoms in total. The topological polar surface area (TPSA) is 44.1 Å². The minimum absolute atomic E-state index is 0.209. The Hall–Kier alpha value is -2.74. The monoisotopic (exact) mass is 314 g/mol. The van der Waals surface area contributed by atoms with Gasteiger partial charge in [0.25, 0.3) is 0 Å². The minimum Gasteiger partial charge on any atom is -0.366 e. The molecular formula is C18H16F2N2O. The van der Waals surface area contributed by atoms with E-state index in [9.17, 15) is 13.6 Å². The summed E-state index contributed by atoms with van der Waals surface area (Å²) in [5.74, 6) is -1.31. The van der Waals surface area contributed by atoms with Gasteiger partial charge >= 0.3 is 0 Å².